The Balaban J connectivity index is 2.47. The van der Waals surface area contributed by atoms with Crippen molar-refractivity contribution in [3.05, 3.63) is 48.6 Å². The van der Waals surface area contributed by atoms with E-state index in [2.05, 4.69) is 90.2 Å². The summed E-state index contributed by atoms with van der Waals surface area (Å²) in [6, 6.07) is 0. The van der Waals surface area contributed by atoms with Crippen molar-refractivity contribution in [1.29, 1.82) is 0 Å². The maximum absolute atomic E-state index is 2.48. The summed E-state index contributed by atoms with van der Waals surface area (Å²) in [6.07, 6.45) is 18.7. The highest BCUT2D eigenvalue weighted by atomic mass is 31.1. The zero-order valence-electron chi connectivity index (χ0n) is 13.8. The molecule has 4 unspecified atom stereocenters. The summed E-state index contributed by atoms with van der Waals surface area (Å²) in [7, 11) is -0.175. The lowest BCUT2D eigenvalue weighted by molar-refractivity contribution is 0.530. The van der Waals surface area contributed by atoms with Crippen LogP contribution in [0.3, 0.4) is 0 Å². The standard InChI is InChI=1S/C19H29P/c1-15(2)20(18(5)13-9-7-11-16(18)3)19(6)14-10-8-12-17(19)4/h7-17H,1-6H3. The minimum atomic E-state index is -0.175. The molecule has 2 aliphatic carbocycles. The van der Waals surface area contributed by atoms with Gasteiger partial charge in [-0.15, -0.1) is 0 Å². The fraction of sp³-hybridized carbons (Fsp3) is 0.579. The molecule has 20 heavy (non-hydrogen) atoms. The molecule has 0 nitrogen and oxygen atoms in total. The van der Waals surface area contributed by atoms with Crippen molar-refractivity contribution in [3.63, 3.8) is 0 Å². The van der Waals surface area contributed by atoms with Crippen LogP contribution in [-0.4, -0.2) is 16.0 Å². The lowest BCUT2D eigenvalue weighted by atomic mass is 9.89. The first-order valence-electron chi connectivity index (χ1n) is 7.84. The first kappa shape index (κ1) is 15.8. The topological polar surface area (TPSA) is 0 Å². The minimum absolute atomic E-state index is 0.175. The van der Waals surface area contributed by atoms with Crippen molar-refractivity contribution in [2.24, 2.45) is 11.8 Å². The second-order valence-electron chi connectivity index (χ2n) is 6.98. The van der Waals surface area contributed by atoms with Crippen molar-refractivity contribution in [2.45, 2.75) is 57.5 Å². The van der Waals surface area contributed by atoms with E-state index in [1.54, 1.807) is 0 Å². The summed E-state index contributed by atoms with van der Waals surface area (Å²) in [5, 5.41) is 0.577. The van der Waals surface area contributed by atoms with Gasteiger partial charge in [-0.3, -0.25) is 0 Å². The summed E-state index contributed by atoms with van der Waals surface area (Å²) < 4.78 is 0. The van der Waals surface area contributed by atoms with Crippen molar-refractivity contribution < 1.29 is 0 Å². The summed E-state index contributed by atoms with van der Waals surface area (Å²) in [6.45, 7) is 14.6. The minimum Gasteiger partial charge on any atom is -0.0828 e. The van der Waals surface area contributed by atoms with E-state index in [9.17, 15) is 0 Å². The van der Waals surface area contributed by atoms with Crippen LogP contribution in [0.2, 0.25) is 0 Å². The van der Waals surface area contributed by atoms with Crippen LogP contribution < -0.4 is 0 Å². The Kier molecular flexibility index (Phi) is 4.45. The Bertz CT molecular complexity index is 428. The summed E-state index contributed by atoms with van der Waals surface area (Å²) >= 11 is 0. The first-order chi connectivity index (χ1) is 9.32. The molecule has 0 saturated heterocycles. The predicted octanol–water partition coefficient (Wildman–Crippen LogP) is 5.92. The Hall–Kier alpha value is -0.610. The fourth-order valence-corrected chi connectivity index (χ4v) is 8.69. The summed E-state index contributed by atoms with van der Waals surface area (Å²) in [5.41, 5.74) is 0.720. The molecular weight excluding hydrogens is 259 g/mol. The van der Waals surface area contributed by atoms with Crippen LogP contribution in [0.25, 0.3) is 0 Å². The van der Waals surface area contributed by atoms with Gasteiger partial charge in [0, 0.05) is 10.3 Å². The van der Waals surface area contributed by atoms with Crippen LogP contribution in [0.15, 0.2) is 48.6 Å². The van der Waals surface area contributed by atoms with Gasteiger partial charge in [0.05, 0.1) is 0 Å². The summed E-state index contributed by atoms with van der Waals surface area (Å²) in [4.78, 5) is 0. The van der Waals surface area contributed by atoms with Gasteiger partial charge in [-0.2, -0.15) is 0 Å². The molecule has 0 spiro atoms. The third kappa shape index (κ3) is 2.48. The third-order valence-corrected chi connectivity index (χ3v) is 9.51. The zero-order valence-corrected chi connectivity index (χ0v) is 14.7. The molecule has 0 fully saturated rings. The highest BCUT2D eigenvalue weighted by Gasteiger charge is 2.49. The van der Waals surface area contributed by atoms with Gasteiger partial charge in [-0.25, -0.2) is 0 Å². The highest BCUT2D eigenvalue weighted by Crippen LogP contribution is 2.69. The van der Waals surface area contributed by atoms with Crippen LogP contribution in [0, 0.1) is 11.8 Å². The average Bonchev–Trinajstić information content (AvgIpc) is 2.36. The molecule has 0 aromatic carbocycles. The molecule has 110 valence electrons. The van der Waals surface area contributed by atoms with Crippen molar-refractivity contribution >= 4 is 7.92 Å². The number of allylic oxidation sites excluding steroid dienone is 8. The Morgan fingerprint density at radius 2 is 1.20 bits per heavy atom. The highest BCUT2D eigenvalue weighted by molar-refractivity contribution is 7.62. The van der Waals surface area contributed by atoms with Crippen molar-refractivity contribution in [2.75, 3.05) is 0 Å². The predicted molar refractivity (Wildman–Crippen MR) is 93.8 cm³/mol. The van der Waals surface area contributed by atoms with Gasteiger partial charge >= 0.3 is 0 Å². The van der Waals surface area contributed by atoms with Crippen molar-refractivity contribution in [3.8, 4) is 0 Å². The average molecular weight is 288 g/mol. The second-order valence-corrected chi connectivity index (χ2v) is 10.7. The molecule has 4 atom stereocenters. The molecule has 2 aliphatic rings. The molecule has 0 aliphatic heterocycles. The molecule has 0 heterocycles. The molecule has 0 N–H and O–H groups in total. The molecule has 0 amide bonds. The van der Waals surface area contributed by atoms with E-state index >= 15 is 0 Å². The van der Waals surface area contributed by atoms with Gasteiger partial charge in [0.1, 0.15) is 0 Å². The van der Waals surface area contributed by atoms with Crippen LogP contribution in [-0.2, 0) is 0 Å². The lowest BCUT2D eigenvalue weighted by Gasteiger charge is -2.53. The molecule has 2 rings (SSSR count). The largest absolute Gasteiger partial charge is 0.0828 e. The molecule has 0 radical (unpaired) electrons. The van der Waals surface area contributed by atoms with E-state index in [-0.39, 0.29) is 18.2 Å². The van der Waals surface area contributed by atoms with Gasteiger partial charge < -0.3 is 0 Å². The van der Waals surface area contributed by atoms with Gasteiger partial charge in [0.2, 0.25) is 0 Å². The SMILES string of the molecule is CC(C)P(C1(C)C=CC=CC1C)C1(C)C=CC=CC1C. The van der Waals surface area contributed by atoms with E-state index in [0.29, 0.717) is 11.8 Å². The van der Waals surface area contributed by atoms with Gasteiger partial charge in [-0.1, -0.05) is 98.1 Å². The molecule has 0 aromatic heterocycles. The molecular formula is C19H29P. The number of rotatable bonds is 3. The second kappa shape index (κ2) is 5.64. The van der Waals surface area contributed by atoms with E-state index in [0.717, 1.165) is 5.66 Å². The van der Waals surface area contributed by atoms with E-state index < -0.39 is 0 Å². The molecule has 0 aromatic rings. The quantitative estimate of drug-likeness (QED) is 0.566. The Morgan fingerprint density at radius 1 is 0.800 bits per heavy atom. The normalized spacial score (nSPS) is 41.4. The van der Waals surface area contributed by atoms with Gasteiger partial charge in [0.15, 0.2) is 0 Å². The van der Waals surface area contributed by atoms with Gasteiger partial charge in [0.25, 0.3) is 0 Å². The van der Waals surface area contributed by atoms with Crippen LogP contribution in [0.4, 0.5) is 0 Å². The van der Waals surface area contributed by atoms with Crippen LogP contribution >= 0.6 is 7.92 Å². The Labute approximate surface area is 126 Å². The summed E-state index contributed by atoms with van der Waals surface area (Å²) in [5.74, 6) is 1.23. The maximum Gasteiger partial charge on any atom is 0.0129 e. The van der Waals surface area contributed by atoms with E-state index in [4.69, 9.17) is 0 Å². The maximum atomic E-state index is 2.48. The zero-order chi connectivity index (χ0) is 15.0. The monoisotopic (exact) mass is 288 g/mol. The van der Waals surface area contributed by atoms with E-state index in [1.165, 1.54) is 0 Å². The number of hydrogen-bond donors (Lipinski definition) is 0. The fourth-order valence-electron chi connectivity index (χ4n) is 3.89. The molecule has 0 saturated carbocycles. The van der Waals surface area contributed by atoms with E-state index in [1.807, 2.05) is 0 Å². The lowest BCUT2D eigenvalue weighted by Crippen LogP contribution is -2.43. The molecule has 0 bridgehead atoms. The molecule has 1 heteroatoms. The first-order valence-corrected chi connectivity index (χ1v) is 9.25. The van der Waals surface area contributed by atoms with Gasteiger partial charge in [-0.05, 0) is 17.5 Å². The third-order valence-electron chi connectivity index (χ3n) is 5.29. The Morgan fingerprint density at radius 3 is 1.50 bits per heavy atom. The van der Waals surface area contributed by atoms with Crippen LogP contribution in [0.1, 0.15) is 41.5 Å². The smallest absolute Gasteiger partial charge is 0.0129 e. The van der Waals surface area contributed by atoms with Crippen molar-refractivity contribution in [1.82, 2.24) is 0 Å². The number of hydrogen-bond acceptors (Lipinski definition) is 0. The van der Waals surface area contributed by atoms with Crippen LogP contribution in [0.5, 0.6) is 0 Å².